The van der Waals surface area contributed by atoms with Gasteiger partial charge in [0.05, 0.1) is 10.6 Å². The average molecular weight is 223 g/mol. The molecule has 0 heterocycles. The maximum Gasteiger partial charge on any atom is 0.268 e. The molecule has 0 aliphatic carbocycles. The highest BCUT2D eigenvalue weighted by Crippen LogP contribution is 2.26. The molecule has 0 saturated heterocycles. The van der Waals surface area contributed by atoms with E-state index in [1.165, 1.54) is 12.1 Å². The van der Waals surface area contributed by atoms with Crippen molar-refractivity contribution in [2.24, 2.45) is 5.84 Å². The minimum atomic E-state index is -0.574. The summed E-state index contributed by atoms with van der Waals surface area (Å²) in [6.07, 6.45) is 0. The molecule has 0 aliphatic heterocycles. The minimum Gasteiger partial charge on any atom is -0.506 e. The summed E-state index contributed by atoms with van der Waals surface area (Å²) >= 11 is 5.54. The van der Waals surface area contributed by atoms with Gasteiger partial charge in [-0.25, -0.2) is 5.84 Å². The Morgan fingerprint density at radius 2 is 2.15 bits per heavy atom. The van der Waals surface area contributed by atoms with Crippen molar-refractivity contribution in [3.05, 3.63) is 28.8 Å². The number of amides is 1. The third-order valence-electron chi connectivity index (χ3n) is 1.36. The number of phenols is 1. The summed E-state index contributed by atoms with van der Waals surface area (Å²) in [6, 6.07) is 4.44. The van der Waals surface area contributed by atoms with Gasteiger partial charge in [-0.1, -0.05) is 17.7 Å². The highest BCUT2D eigenvalue weighted by molar-refractivity contribution is 6.32. The Balaban J connectivity index is 0.00000144. The number of nitrogens with one attached hydrogen (secondary N) is 1. The first kappa shape index (κ1) is 12.0. The van der Waals surface area contributed by atoms with Gasteiger partial charge in [-0.05, 0) is 12.1 Å². The molecule has 0 spiro atoms. The SMILES string of the molecule is Cl.NNC(=O)c1cccc(Cl)c1O. The molecule has 1 aromatic carbocycles. The summed E-state index contributed by atoms with van der Waals surface area (Å²) < 4.78 is 0. The molecule has 0 unspecified atom stereocenters. The number of rotatable bonds is 1. The molecule has 72 valence electrons. The van der Waals surface area contributed by atoms with Crippen molar-refractivity contribution < 1.29 is 9.90 Å². The van der Waals surface area contributed by atoms with Crippen LogP contribution in [0.15, 0.2) is 18.2 Å². The van der Waals surface area contributed by atoms with Gasteiger partial charge in [0.15, 0.2) is 0 Å². The first-order valence-electron chi connectivity index (χ1n) is 3.15. The maximum absolute atomic E-state index is 10.9. The van der Waals surface area contributed by atoms with E-state index < -0.39 is 5.91 Å². The number of carbonyl (C=O) groups is 1. The zero-order valence-electron chi connectivity index (χ0n) is 6.45. The number of hydrazine groups is 1. The van der Waals surface area contributed by atoms with Gasteiger partial charge in [0.1, 0.15) is 5.75 Å². The van der Waals surface area contributed by atoms with E-state index in [2.05, 4.69) is 0 Å². The molecule has 13 heavy (non-hydrogen) atoms. The lowest BCUT2D eigenvalue weighted by molar-refractivity contribution is 0.0951. The van der Waals surface area contributed by atoms with Crippen LogP contribution < -0.4 is 11.3 Å². The molecule has 0 aromatic heterocycles. The number of para-hydroxylation sites is 1. The van der Waals surface area contributed by atoms with E-state index in [9.17, 15) is 9.90 Å². The second kappa shape index (κ2) is 4.91. The van der Waals surface area contributed by atoms with E-state index in [4.69, 9.17) is 17.4 Å². The normalized spacial score (nSPS) is 8.77. The Morgan fingerprint density at radius 3 is 2.69 bits per heavy atom. The van der Waals surface area contributed by atoms with E-state index in [0.29, 0.717) is 0 Å². The van der Waals surface area contributed by atoms with Gasteiger partial charge in [-0.2, -0.15) is 0 Å². The van der Waals surface area contributed by atoms with Crippen molar-refractivity contribution >= 4 is 29.9 Å². The van der Waals surface area contributed by atoms with Crippen LogP contribution in [0.1, 0.15) is 10.4 Å². The summed E-state index contributed by atoms with van der Waals surface area (Å²) in [5, 5.41) is 9.37. The minimum absolute atomic E-state index is 0. The fraction of sp³-hybridized carbons (Fsp3) is 0. The van der Waals surface area contributed by atoms with E-state index >= 15 is 0 Å². The predicted molar refractivity (Wildman–Crippen MR) is 52.0 cm³/mol. The molecule has 1 aromatic rings. The topological polar surface area (TPSA) is 75.3 Å². The number of nitrogen functional groups attached to an aromatic ring is 1. The van der Waals surface area contributed by atoms with Crippen molar-refractivity contribution in [1.29, 1.82) is 0 Å². The van der Waals surface area contributed by atoms with Crippen LogP contribution in [0.5, 0.6) is 5.75 Å². The molecule has 0 fully saturated rings. The fourth-order valence-electron chi connectivity index (χ4n) is 0.776. The van der Waals surface area contributed by atoms with E-state index in [1.54, 1.807) is 6.07 Å². The van der Waals surface area contributed by atoms with Crippen LogP contribution in [0.2, 0.25) is 5.02 Å². The molecule has 1 amide bonds. The van der Waals surface area contributed by atoms with Gasteiger partial charge < -0.3 is 5.11 Å². The van der Waals surface area contributed by atoms with Crippen molar-refractivity contribution in [2.45, 2.75) is 0 Å². The van der Waals surface area contributed by atoms with Crippen molar-refractivity contribution in [3.8, 4) is 5.75 Å². The highest BCUT2D eigenvalue weighted by atomic mass is 35.5. The molecule has 4 N–H and O–H groups in total. The van der Waals surface area contributed by atoms with Crippen molar-refractivity contribution in [2.75, 3.05) is 0 Å². The van der Waals surface area contributed by atoms with Crippen LogP contribution in [0, 0.1) is 0 Å². The van der Waals surface area contributed by atoms with Gasteiger partial charge in [0.25, 0.3) is 5.91 Å². The lowest BCUT2D eigenvalue weighted by Crippen LogP contribution is -2.29. The van der Waals surface area contributed by atoms with Crippen molar-refractivity contribution in [1.82, 2.24) is 5.43 Å². The Bertz CT molecular complexity index is 317. The zero-order valence-corrected chi connectivity index (χ0v) is 8.02. The number of hydrogen-bond acceptors (Lipinski definition) is 3. The Morgan fingerprint density at radius 1 is 1.54 bits per heavy atom. The molecule has 1 rings (SSSR count). The first-order valence-corrected chi connectivity index (χ1v) is 3.53. The van der Waals surface area contributed by atoms with Crippen LogP contribution in [0.3, 0.4) is 0 Å². The zero-order chi connectivity index (χ0) is 9.14. The van der Waals surface area contributed by atoms with E-state index in [0.717, 1.165) is 0 Å². The van der Waals surface area contributed by atoms with Crippen LogP contribution in [0.25, 0.3) is 0 Å². The van der Waals surface area contributed by atoms with E-state index in [-0.39, 0.29) is 28.7 Å². The van der Waals surface area contributed by atoms with Crippen LogP contribution in [-0.2, 0) is 0 Å². The third kappa shape index (κ3) is 2.48. The molecule has 0 radical (unpaired) electrons. The summed E-state index contributed by atoms with van der Waals surface area (Å²) in [5.74, 6) is 4.03. The Kier molecular flexibility index (Phi) is 4.55. The third-order valence-corrected chi connectivity index (χ3v) is 1.67. The lowest BCUT2D eigenvalue weighted by Gasteiger charge is -2.02. The van der Waals surface area contributed by atoms with Gasteiger partial charge in [0, 0.05) is 0 Å². The molecule has 4 nitrogen and oxygen atoms in total. The quantitative estimate of drug-likeness (QED) is 0.378. The Labute approximate surface area is 86.1 Å². The summed E-state index contributed by atoms with van der Waals surface area (Å²) in [4.78, 5) is 10.9. The lowest BCUT2D eigenvalue weighted by atomic mass is 10.2. The maximum atomic E-state index is 10.9. The molecule has 0 bridgehead atoms. The smallest absolute Gasteiger partial charge is 0.268 e. The molecule has 0 aliphatic rings. The fourth-order valence-corrected chi connectivity index (χ4v) is 0.951. The largest absolute Gasteiger partial charge is 0.506 e. The number of phenolic OH excluding ortho intramolecular Hbond substituents is 1. The van der Waals surface area contributed by atoms with Gasteiger partial charge in [-0.15, -0.1) is 12.4 Å². The van der Waals surface area contributed by atoms with Gasteiger partial charge in [0.2, 0.25) is 0 Å². The van der Waals surface area contributed by atoms with Crippen LogP contribution in [-0.4, -0.2) is 11.0 Å². The van der Waals surface area contributed by atoms with Crippen LogP contribution in [0.4, 0.5) is 0 Å². The number of aromatic hydroxyl groups is 1. The monoisotopic (exact) mass is 222 g/mol. The molecular weight excluding hydrogens is 215 g/mol. The summed E-state index contributed by atoms with van der Waals surface area (Å²) in [6.45, 7) is 0. The van der Waals surface area contributed by atoms with E-state index in [1.807, 2.05) is 5.43 Å². The number of nitrogens with two attached hydrogens (primary N) is 1. The van der Waals surface area contributed by atoms with Crippen LogP contribution >= 0.6 is 24.0 Å². The standard InChI is InChI=1S/C7H7ClN2O2.ClH/c8-5-3-1-2-4(6(5)11)7(12)10-9;/h1-3,11H,9H2,(H,10,12);1H. The Hall–Kier alpha value is -0.970. The van der Waals surface area contributed by atoms with Gasteiger partial charge >= 0.3 is 0 Å². The molecule has 6 heteroatoms. The number of halogens is 2. The average Bonchev–Trinajstić information content (AvgIpc) is 2.08. The highest BCUT2D eigenvalue weighted by Gasteiger charge is 2.11. The number of carbonyl (C=O) groups excluding carboxylic acids is 1. The summed E-state index contributed by atoms with van der Waals surface area (Å²) in [7, 11) is 0. The van der Waals surface area contributed by atoms with Gasteiger partial charge in [-0.3, -0.25) is 10.2 Å². The number of hydrogen-bond donors (Lipinski definition) is 3. The summed E-state index contributed by atoms with van der Waals surface area (Å²) in [5.41, 5.74) is 1.95. The second-order valence-electron chi connectivity index (χ2n) is 2.11. The van der Waals surface area contributed by atoms with Crippen molar-refractivity contribution in [3.63, 3.8) is 0 Å². The molecule has 0 atom stereocenters. The molecular formula is C7H8Cl2N2O2. The predicted octanol–water partition coefficient (Wildman–Crippen LogP) is 1.07. The first-order chi connectivity index (χ1) is 5.66. The molecule has 0 saturated carbocycles. The number of benzene rings is 1. The second-order valence-corrected chi connectivity index (χ2v) is 2.52.